The van der Waals surface area contributed by atoms with Crippen LogP contribution in [0.2, 0.25) is 0 Å². The summed E-state index contributed by atoms with van der Waals surface area (Å²) < 4.78 is 46.7. The van der Waals surface area contributed by atoms with Crippen molar-refractivity contribution in [1.29, 1.82) is 0 Å². The van der Waals surface area contributed by atoms with Crippen LogP contribution in [0.1, 0.15) is 216 Å². The van der Waals surface area contributed by atoms with Crippen LogP contribution in [0.15, 0.2) is 340 Å². The summed E-state index contributed by atoms with van der Waals surface area (Å²) in [4.78, 5) is 109. The van der Waals surface area contributed by atoms with Crippen LogP contribution in [0.5, 0.6) is 46.0 Å². The van der Waals surface area contributed by atoms with Crippen molar-refractivity contribution in [2.45, 2.75) is 52.4 Å². The van der Waals surface area contributed by atoms with Gasteiger partial charge in [0.05, 0.1) is 55.3 Å². The van der Waals surface area contributed by atoms with E-state index in [1.807, 2.05) is 90.1 Å². The van der Waals surface area contributed by atoms with Crippen molar-refractivity contribution in [1.82, 2.24) is 0 Å². The zero-order valence-electron chi connectivity index (χ0n) is 80.6. The van der Waals surface area contributed by atoms with E-state index in [1.165, 1.54) is 24.3 Å². The van der Waals surface area contributed by atoms with Gasteiger partial charge in [0.25, 0.3) is 0 Å². The Morgan fingerprint density at radius 2 is 0.291 bits per heavy atom. The summed E-state index contributed by atoms with van der Waals surface area (Å²) in [6.45, 7) is 11.1. The molecule has 16 aromatic rings. The lowest BCUT2D eigenvalue weighted by Crippen LogP contribution is -2.31. The number of carbonyl (C=O) groups is 8. The Morgan fingerprint density at radius 3 is 0.480 bits per heavy atom. The van der Waals surface area contributed by atoms with Crippen molar-refractivity contribution in [3.8, 4) is 169 Å². The topological polar surface area (TPSA) is 210 Å². The molecule has 0 atom stereocenters. The van der Waals surface area contributed by atoms with E-state index in [0.717, 1.165) is 33.4 Å². The van der Waals surface area contributed by atoms with Gasteiger partial charge in [0.2, 0.25) is 0 Å². The fourth-order valence-corrected chi connectivity index (χ4v) is 17.2. The van der Waals surface area contributed by atoms with Gasteiger partial charge < -0.3 is 37.9 Å². The van der Waals surface area contributed by atoms with E-state index in [0.29, 0.717) is 100 Å². The number of carbonyl (C=O) groups excluding carboxylic acids is 8. The number of ether oxygens (including phenoxy) is 8. The van der Waals surface area contributed by atoms with Gasteiger partial charge in [-0.05, 0) is 362 Å². The normalized spacial score (nSPS) is 10.5. The molecule has 0 N–H and O–H groups in total. The predicted molar refractivity (Wildman–Crippen MR) is 568 cm³/mol. The van der Waals surface area contributed by atoms with Gasteiger partial charge in [0, 0.05) is 55.6 Å². The number of hydrogen-bond donors (Lipinski definition) is 0. The zero-order chi connectivity index (χ0) is 105. The minimum absolute atomic E-state index is 0.171. The van der Waals surface area contributed by atoms with Gasteiger partial charge in [-0.1, -0.05) is 156 Å². The molecule has 16 aromatic carbocycles. The Hall–Kier alpha value is -21.1. The molecular formula is C132H84O16. The molecule has 0 radical (unpaired) electrons. The lowest BCUT2D eigenvalue weighted by Gasteiger charge is -2.37. The lowest BCUT2D eigenvalue weighted by atomic mass is 9.65. The second-order valence-corrected chi connectivity index (χ2v) is 34.4. The monoisotopic (exact) mass is 1920 g/mol. The molecule has 0 bridgehead atoms. The third-order valence-corrected chi connectivity index (χ3v) is 23.9. The summed E-state index contributed by atoms with van der Waals surface area (Å²) in [5, 5.41) is 0. The Morgan fingerprint density at radius 1 is 0.155 bits per heavy atom. The maximum Gasteiger partial charge on any atom is 0.343 e. The Kier molecular flexibility index (Phi) is 30.8. The van der Waals surface area contributed by atoms with Crippen LogP contribution in [0.25, 0.3) is 0 Å². The van der Waals surface area contributed by atoms with E-state index in [2.05, 4.69) is 59.2 Å². The van der Waals surface area contributed by atoms with Crippen LogP contribution in [-0.2, 0) is 10.8 Å². The number of esters is 8. The molecule has 0 aromatic heterocycles. The van der Waals surface area contributed by atoms with E-state index < -0.39 is 58.6 Å². The molecule has 16 nitrogen and oxygen atoms in total. The number of benzene rings is 16. The number of aryl methyl sites for hydroxylation is 6. The zero-order valence-corrected chi connectivity index (χ0v) is 80.6. The average Bonchev–Trinajstić information content (AvgIpc) is 0.730. The standard InChI is InChI=1S/2C66H42O8/c1-9-45-30-42(6)33-50(37-45)62(67)71-58-22-14-54(15-23-58)66(55-16-24-59(25-17-55)72-63(68)51-34-43(7)31-46(10-2)38-51,56-18-26-60(27-19-56)73-64(69)52-35-44(8)32-47(11-3)39-52)57-20-28-61(29-21-57)74-65(70)53-40-48(12-4)36-49(13-5)41-53;1-9-45-30-42(6)33-58(37-45)71-62(67)50-14-22-54(23-15-50)66(55-24-16-51(17-25-55)63(68)72-59-34-43(7)31-46(10-2)38-59,56-26-18-52(19-27-56)64(69)73-60-35-44(8)32-47(11-3)39-60)57-28-20-53(21-29-57)65(70)74-61-40-48(12-4)36-49(13-5)41-61/h2*1-5,14-41H,6-8H3. The first kappa shape index (κ1) is 101. The number of terminal acetylenes is 10. The first-order valence-corrected chi connectivity index (χ1v) is 45.7. The van der Waals surface area contributed by atoms with Gasteiger partial charge in [-0.25, -0.2) is 38.4 Å². The van der Waals surface area contributed by atoms with Crippen LogP contribution in [-0.4, -0.2) is 47.8 Å². The largest absolute Gasteiger partial charge is 0.423 e. The van der Waals surface area contributed by atoms with Crippen LogP contribution < -0.4 is 37.9 Å². The molecule has 0 saturated carbocycles. The highest BCUT2D eigenvalue weighted by Gasteiger charge is 2.42. The van der Waals surface area contributed by atoms with Crippen molar-refractivity contribution in [3.63, 3.8) is 0 Å². The molecule has 0 aliphatic rings. The third kappa shape index (κ3) is 23.3. The van der Waals surface area contributed by atoms with E-state index in [9.17, 15) is 38.4 Å². The summed E-state index contributed by atoms with van der Waals surface area (Å²) in [5.74, 6) is 22.5. The van der Waals surface area contributed by atoms with Crippen molar-refractivity contribution >= 4 is 47.8 Å². The smallest absolute Gasteiger partial charge is 0.343 e. The van der Waals surface area contributed by atoms with E-state index in [-0.39, 0.29) is 90.5 Å². The summed E-state index contributed by atoms with van der Waals surface area (Å²) in [5.41, 5.74) is 14.5. The van der Waals surface area contributed by atoms with Gasteiger partial charge in [0.1, 0.15) is 46.0 Å². The van der Waals surface area contributed by atoms with Gasteiger partial charge in [-0.2, -0.15) is 0 Å². The van der Waals surface area contributed by atoms with Crippen molar-refractivity contribution in [2.24, 2.45) is 0 Å². The first-order valence-electron chi connectivity index (χ1n) is 45.7. The molecule has 0 unspecified atom stereocenters. The maximum absolute atomic E-state index is 13.8. The third-order valence-electron chi connectivity index (χ3n) is 23.9. The Balaban J connectivity index is 0.000000222. The molecule has 0 heterocycles. The quantitative estimate of drug-likeness (QED) is 0.0238. The Bertz CT molecular complexity index is 7850. The molecule has 148 heavy (non-hydrogen) atoms. The fraction of sp³-hybridized carbons (Fsp3) is 0.0606. The minimum atomic E-state index is -1.30. The van der Waals surface area contributed by atoms with Gasteiger partial charge in [-0.15, -0.1) is 64.2 Å². The molecule has 708 valence electrons. The van der Waals surface area contributed by atoms with Gasteiger partial charge in [-0.3, -0.25) is 0 Å². The van der Waals surface area contributed by atoms with Crippen molar-refractivity contribution < 1.29 is 76.3 Å². The summed E-state index contributed by atoms with van der Waals surface area (Å²) in [6.07, 6.45) is 56.5. The van der Waals surface area contributed by atoms with Crippen LogP contribution >= 0.6 is 0 Å². The van der Waals surface area contributed by atoms with Crippen LogP contribution in [0.3, 0.4) is 0 Å². The van der Waals surface area contributed by atoms with Crippen molar-refractivity contribution in [2.75, 3.05) is 0 Å². The average molecular weight is 1930 g/mol. The molecule has 0 aliphatic heterocycles. The summed E-state index contributed by atoms with van der Waals surface area (Å²) in [7, 11) is 0. The SMILES string of the molecule is C#Cc1cc(C)cc(C(=O)Oc2ccc(C(c3ccc(OC(=O)c4cc(C)cc(C#C)c4)cc3)(c3ccc(OC(=O)c4cc(C)cc(C#C)c4)cc3)c3ccc(OC(=O)c4cc(C#C)cc(C#C)c4)cc3)cc2)c1.C#Cc1cc(C)cc(OC(=O)c2ccc(C(c3ccc(C(=O)Oc4cc(C)cc(C#C)c4)cc3)(c3ccc(C(=O)Oc4cc(C)cc(C#C)c4)cc3)c3ccc(C(=O)Oc4cc(C#C)cc(C#C)c4)cc3)cc2)c1. The molecule has 0 aliphatic carbocycles. The molecular weight excluding hydrogens is 1840 g/mol. The number of rotatable bonds is 24. The van der Waals surface area contributed by atoms with Gasteiger partial charge in [0.15, 0.2) is 0 Å². The molecule has 0 amide bonds. The number of hydrogen-bond acceptors (Lipinski definition) is 16. The molecule has 0 saturated heterocycles. The first-order chi connectivity index (χ1) is 71.4. The second-order valence-electron chi connectivity index (χ2n) is 34.4. The van der Waals surface area contributed by atoms with Crippen molar-refractivity contribution in [3.05, 3.63) is 518 Å². The van der Waals surface area contributed by atoms with Gasteiger partial charge >= 0.3 is 47.8 Å². The molecule has 16 rings (SSSR count). The maximum atomic E-state index is 13.8. The fourth-order valence-electron chi connectivity index (χ4n) is 17.2. The summed E-state index contributed by atoms with van der Waals surface area (Å²) >= 11 is 0. The van der Waals surface area contributed by atoms with Crippen LogP contribution in [0.4, 0.5) is 0 Å². The second kappa shape index (κ2) is 45.0. The highest BCUT2D eigenvalue weighted by atomic mass is 16.6. The molecule has 16 heteroatoms. The van der Waals surface area contributed by atoms with Crippen LogP contribution in [0, 0.1) is 165 Å². The highest BCUT2D eigenvalue weighted by molar-refractivity contribution is 5.97. The summed E-state index contributed by atoms with van der Waals surface area (Å²) in [6, 6.07) is 95.3. The molecule has 0 spiro atoms. The Labute approximate surface area is 858 Å². The lowest BCUT2D eigenvalue weighted by molar-refractivity contribution is 0.0725. The van der Waals surface area contributed by atoms with E-state index >= 15 is 0 Å². The molecule has 0 fully saturated rings. The predicted octanol–water partition coefficient (Wildman–Crippen LogP) is 23.6. The minimum Gasteiger partial charge on any atom is -0.423 e. The van der Waals surface area contributed by atoms with E-state index in [1.54, 1.807) is 267 Å². The van der Waals surface area contributed by atoms with E-state index in [4.69, 9.17) is 102 Å². The highest BCUT2D eigenvalue weighted by Crippen LogP contribution is 2.49.